The van der Waals surface area contributed by atoms with Gasteiger partial charge in [0.2, 0.25) is 0 Å². The number of rotatable bonds is 4. The molecule has 2 aromatic carbocycles. The summed E-state index contributed by atoms with van der Waals surface area (Å²) >= 11 is 0. The molecule has 0 atom stereocenters. The molecular weight excluding hydrogens is 297 g/mol. The van der Waals surface area contributed by atoms with E-state index in [1.807, 2.05) is 0 Å². The zero-order valence-corrected chi connectivity index (χ0v) is 14.3. The molecule has 0 aromatic heterocycles. The Balaban J connectivity index is 0.00000242. The van der Waals surface area contributed by atoms with Gasteiger partial charge in [0.15, 0.2) is 11.5 Å². The Morgan fingerprint density at radius 2 is 1.82 bits per heavy atom. The van der Waals surface area contributed by atoms with Gasteiger partial charge in [0.25, 0.3) is 5.91 Å². The monoisotopic (exact) mass is 312 g/mol. The first kappa shape index (κ1) is 18.2. The minimum Gasteiger partial charge on any atom is -0.508 e. The quantitative estimate of drug-likeness (QED) is 0.639. The van der Waals surface area contributed by atoms with E-state index >= 15 is 0 Å². The third kappa shape index (κ3) is 4.30. The molecule has 0 unspecified atom stereocenters. The first-order valence-corrected chi connectivity index (χ1v) is 6.17. The van der Waals surface area contributed by atoms with Crippen LogP contribution in [-0.4, -0.2) is 57.9 Å². The predicted molar refractivity (Wildman–Crippen MR) is 81.4 cm³/mol. The van der Waals surface area contributed by atoms with Gasteiger partial charge in [-0.3, -0.25) is 4.79 Å². The van der Waals surface area contributed by atoms with E-state index in [0.717, 1.165) is 11.6 Å². The Kier molecular flexibility index (Phi) is 6.55. The summed E-state index contributed by atoms with van der Waals surface area (Å²) in [5.74, 6) is -0.555. The second-order valence-corrected chi connectivity index (χ2v) is 4.39. The predicted octanol–water partition coefficient (Wildman–Crippen LogP) is 1.36. The van der Waals surface area contributed by atoms with Gasteiger partial charge in [0.05, 0.1) is 12.7 Å². The molecule has 7 heteroatoms. The molecule has 22 heavy (non-hydrogen) atoms. The van der Waals surface area contributed by atoms with Gasteiger partial charge in [-0.1, -0.05) is 6.07 Å². The molecule has 0 spiro atoms. The van der Waals surface area contributed by atoms with Crippen LogP contribution in [0.15, 0.2) is 36.4 Å². The Morgan fingerprint density at radius 1 is 1.09 bits per heavy atom. The normalized spacial score (nSPS) is 9.68. The van der Waals surface area contributed by atoms with Crippen LogP contribution in [0.25, 0.3) is 0 Å². The summed E-state index contributed by atoms with van der Waals surface area (Å²) in [7, 11) is 1.44. The van der Waals surface area contributed by atoms with Gasteiger partial charge in [-0.15, -0.1) is 0 Å². The number of carbonyl (C=O) groups excluding carboxylic acids is 1. The molecule has 0 saturated carbocycles. The fourth-order valence-electron chi connectivity index (χ4n) is 1.82. The average molecular weight is 312 g/mol. The SMILES string of the molecule is COc1cc(CNC(=O)c2ccc(O)cc2O)ccc1O.[Na]. The molecule has 0 heterocycles. The van der Waals surface area contributed by atoms with E-state index in [4.69, 9.17) is 4.74 Å². The minimum atomic E-state index is -0.473. The standard InChI is InChI=1S/C15H15NO5.Na/c1-21-14-6-9(2-5-12(14)18)8-16-15(20)11-4-3-10(17)7-13(11)19;/h2-7,17-19H,8H2,1H3,(H,16,20);. The summed E-state index contributed by atoms with van der Waals surface area (Å²) in [4.78, 5) is 11.9. The fraction of sp³-hybridized carbons (Fsp3) is 0.133. The zero-order chi connectivity index (χ0) is 15.4. The first-order chi connectivity index (χ1) is 10.0. The van der Waals surface area contributed by atoms with Crippen molar-refractivity contribution in [2.45, 2.75) is 6.54 Å². The largest absolute Gasteiger partial charge is 0.508 e. The summed E-state index contributed by atoms with van der Waals surface area (Å²) < 4.78 is 4.98. The molecule has 0 aliphatic heterocycles. The number of amides is 1. The maximum atomic E-state index is 11.9. The van der Waals surface area contributed by atoms with Crippen molar-refractivity contribution in [3.63, 3.8) is 0 Å². The van der Waals surface area contributed by atoms with Crippen molar-refractivity contribution in [2.75, 3.05) is 7.11 Å². The van der Waals surface area contributed by atoms with Gasteiger partial charge in [0.1, 0.15) is 11.5 Å². The summed E-state index contributed by atoms with van der Waals surface area (Å²) in [6.45, 7) is 0.204. The maximum absolute atomic E-state index is 11.9. The second-order valence-electron chi connectivity index (χ2n) is 4.39. The van der Waals surface area contributed by atoms with Crippen LogP contribution in [0.3, 0.4) is 0 Å². The third-order valence-electron chi connectivity index (χ3n) is 2.92. The molecule has 1 amide bonds. The molecule has 111 valence electrons. The maximum Gasteiger partial charge on any atom is 0.255 e. The Hall–Kier alpha value is -1.89. The van der Waals surface area contributed by atoms with Crippen molar-refractivity contribution in [2.24, 2.45) is 0 Å². The van der Waals surface area contributed by atoms with Crippen LogP contribution in [0.2, 0.25) is 0 Å². The van der Waals surface area contributed by atoms with E-state index in [1.54, 1.807) is 12.1 Å². The number of aromatic hydroxyl groups is 3. The number of nitrogens with one attached hydrogen (secondary N) is 1. The van der Waals surface area contributed by atoms with E-state index in [2.05, 4.69) is 5.32 Å². The van der Waals surface area contributed by atoms with E-state index in [-0.39, 0.29) is 58.9 Å². The molecule has 2 aromatic rings. The van der Waals surface area contributed by atoms with Gasteiger partial charge in [-0.05, 0) is 29.8 Å². The molecule has 0 fully saturated rings. The van der Waals surface area contributed by atoms with Crippen LogP contribution in [-0.2, 0) is 6.54 Å². The van der Waals surface area contributed by atoms with Crippen molar-refractivity contribution in [1.82, 2.24) is 5.32 Å². The molecule has 4 N–H and O–H groups in total. The Bertz CT molecular complexity index is 675. The summed E-state index contributed by atoms with van der Waals surface area (Å²) in [5.41, 5.74) is 0.801. The van der Waals surface area contributed by atoms with E-state index in [9.17, 15) is 20.1 Å². The van der Waals surface area contributed by atoms with Crippen molar-refractivity contribution >= 4 is 35.5 Å². The molecule has 0 saturated heterocycles. The van der Waals surface area contributed by atoms with Crippen LogP contribution in [0.4, 0.5) is 0 Å². The third-order valence-corrected chi connectivity index (χ3v) is 2.92. The van der Waals surface area contributed by atoms with E-state index in [0.29, 0.717) is 5.75 Å². The van der Waals surface area contributed by atoms with E-state index < -0.39 is 5.91 Å². The van der Waals surface area contributed by atoms with Crippen LogP contribution >= 0.6 is 0 Å². The number of ether oxygens (including phenoxy) is 1. The molecule has 0 aliphatic carbocycles. The Labute approximate surface area is 149 Å². The average Bonchev–Trinajstić information content (AvgIpc) is 2.46. The minimum absolute atomic E-state index is 0. The molecule has 6 nitrogen and oxygen atoms in total. The van der Waals surface area contributed by atoms with Crippen LogP contribution in [0, 0.1) is 0 Å². The van der Waals surface area contributed by atoms with Gasteiger partial charge < -0.3 is 25.4 Å². The number of methoxy groups -OCH3 is 1. The van der Waals surface area contributed by atoms with Gasteiger partial charge in [-0.2, -0.15) is 0 Å². The Morgan fingerprint density at radius 3 is 2.45 bits per heavy atom. The summed E-state index contributed by atoms with van der Waals surface area (Å²) in [5, 5.41) is 30.9. The molecule has 1 radical (unpaired) electrons. The van der Waals surface area contributed by atoms with Crippen molar-refractivity contribution < 1.29 is 24.9 Å². The van der Waals surface area contributed by atoms with Gasteiger partial charge >= 0.3 is 0 Å². The molecule has 2 rings (SSSR count). The number of phenolic OH excluding ortho intramolecular Hbond substituents is 3. The molecule has 0 bridgehead atoms. The van der Waals surface area contributed by atoms with Crippen LogP contribution in [0.1, 0.15) is 15.9 Å². The molecule has 0 aliphatic rings. The first-order valence-electron chi connectivity index (χ1n) is 6.17. The molecular formula is C15H15NNaO5. The number of carbonyl (C=O) groups is 1. The summed E-state index contributed by atoms with van der Waals surface area (Å²) in [6.07, 6.45) is 0. The van der Waals surface area contributed by atoms with E-state index in [1.165, 1.54) is 25.3 Å². The zero-order valence-electron chi connectivity index (χ0n) is 12.3. The number of phenols is 3. The van der Waals surface area contributed by atoms with Crippen LogP contribution in [0.5, 0.6) is 23.0 Å². The topological polar surface area (TPSA) is 99.0 Å². The van der Waals surface area contributed by atoms with Crippen molar-refractivity contribution in [3.05, 3.63) is 47.5 Å². The van der Waals surface area contributed by atoms with Gasteiger partial charge in [-0.25, -0.2) is 0 Å². The second kappa shape index (κ2) is 7.93. The van der Waals surface area contributed by atoms with Crippen molar-refractivity contribution in [3.8, 4) is 23.0 Å². The van der Waals surface area contributed by atoms with Crippen molar-refractivity contribution in [1.29, 1.82) is 0 Å². The smallest absolute Gasteiger partial charge is 0.255 e. The summed E-state index contributed by atoms with van der Waals surface area (Å²) in [6, 6.07) is 8.47. The van der Waals surface area contributed by atoms with Gasteiger partial charge in [0, 0.05) is 42.2 Å². The number of benzene rings is 2. The fourth-order valence-corrected chi connectivity index (χ4v) is 1.82. The number of hydrogen-bond donors (Lipinski definition) is 4. The van der Waals surface area contributed by atoms with Crippen LogP contribution < -0.4 is 10.1 Å². The number of hydrogen-bond acceptors (Lipinski definition) is 5.